The molecule has 0 aliphatic carbocycles. The first-order valence-corrected chi connectivity index (χ1v) is 7.94. The van der Waals surface area contributed by atoms with Crippen LogP contribution in [0.2, 0.25) is 0 Å². The number of hydrogen-bond donors (Lipinski definition) is 1. The Bertz CT molecular complexity index is 719. The molecule has 0 fully saturated rings. The minimum atomic E-state index is -1.10. The second-order valence-electron chi connectivity index (χ2n) is 4.14. The fraction of sp³-hybridized carbons (Fsp3) is 0.0714. The number of fused-ring (bicyclic) bond motifs is 1. The highest BCUT2D eigenvalue weighted by Crippen LogP contribution is 2.24. The maximum atomic E-state index is 12.3. The summed E-state index contributed by atoms with van der Waals surface area (Å²) < 4.78 is 13.4. The zero-order chi connectivity index (χ0) is 13.2. The highest BCUT2D eigenvalue weighted by Gasteiger charge is 2.09. The highest BCUT2D eigenvalue weighted by molar-refractivity contribution is 7.84. The topological polar surface area (TPSA) is 56.0 Å². The summed E-state index contributed by atoms with van der Waals surface area (Å²) in [6, 6.07) is 15.1. The Kier molecular flexibility index (Phi) is 3.31. The number of anilines is 1. The van der Waals surface area contributed by atoms with Gasteiger partial charge < -0.3 is 5.73 Å². The second kappa shape index (κ2) is 5.11. The number of nitrogens with two attached hydrogens (primary N) is 1. The third-order valence-corrected chi connectivity index (χ3v) is 5.25. The number of benzene rings is 2. The molecular formula is C14H12N2OS2. The van der Waals surface area contributed by atoms with Gasteiger partial charge in [-0.2, -0.15) is 0 Å². The van der Waals surface area contributed by atoms with Gasteiger partial charge in [0, 0.05) is 10.6 Å². The summed E-state index contributed by atoms with van der Waals surface area (Å²) in [6.07, 6.45) is 0. The van der Waals surface area contributed by atoms with E-state index in [0.29, 0.717) is 11.4 Å². The monoisotopic (exact) mass is 288 g/mol. The molecule has 0 aliphatic rings. The molecule has 96 valence electrons. The minimum Gasteiger partial charge on any atom is -0.399 e. The molecule has 0 radical (unpaired) electrons. The Morgan fingerprint density at radius 2 is 2.00 bits per heavy atom. The summed E-state index contributed by atoms with van der Waals surface area (Å²) in [6.45, 7) is 0. The summed E-state index contributed by atoms with van der Waals surface area (Å²) in [5, 5.41) is 0.891. The van der Waals surface area contributed by atoms with E-state index in [9.17, 15) is 4.21 Å². The molecule has 0 amide bonds. The summed E-state index contributed by atoms with van der Waals surface area (Å²) in [7, 11) is -1.10. The van der Waals surface area contributed by atoms with Crippen LogP contribution in [0.1, 0.15) is 5.01 Å². The first kappa shape index (κ1) is 12.3. The van der Waals surface area contributed by atoms with E-state index in [0.717, 1.165) is 20.1 Å². The fourth-order valence-electron chi connectivity index (χ4n) is 1.83. The van der Waals surface area contributed by atoms with Crippen LogP contribution in [-0.2, 0) is 16.6 Å². The van der Waals surface area contributed by atoms with Gasteiger partial charge in [0.05, 0.1) is 26.8 Å². The van der Waals surface area contributed by atoms with E-state index in [-0.39, 0.29) is 0 Å². The van der Waals surface area contributed by atoms with Crippen LogP contribution in [0.4, 0.5) is 5.69 Å². The van der Waals surface area contributed by atoms with Crippen LogP contribution >= 0.6 is 11.3 Å². The molecule has 1 heterocycles. The number of thiazole rings is 1. The Morgan fingerprint density at radius 1 is 1.16 bits per heavy atom. The maximum Gasteiger partial charge on any atom is 0.107 e. The summed E-state index contributed by atoms with van der Waals surface area (Å²) in [5.74, 6) is 0.433. The Balaban J connectivity index is 1.86. The van der Waals surface area contributed by atoms with Gasteiger partial charge in [0.1, 0.15) is 5.01 Å². The molecule has 3 nitrogen and oxygen atoms in total. The number of hydrogen-bond acceptors (Lipinski definition) is 4. The van der Waals surface area contributed by atoms with E-state index in [1.807, 2.05) is 36.4 Å². The molecule has 1 unspecified atom stereocenters. The van der Waals surface area contributed by atoms with Gasteiger partial charge in [-0.05, 0) is 30.3 Å². The maximum absolute atomic E-state index is 12.3. The average Bonchev–Trinajstić information content (AvgIpc) is 2.80. The van der Waals surface area contributed by atoms with Crippen molar-refractivity contribution in [3.63, 3.8) is 0 Å². The molecule has 2 N–H and O–H groups in total. The molecule has 0 spiro atoms. The smallest absolute Gasteiger partial charge is 0.107 e. The third-order valence-electron chi connectivity index (χ3n) is 2.71. The lowest BCUT2D eigenvalue weighted by Crippen LogP contribution is -1.97. The Labute approximate surface area is 117 Å². The van der Waals surface area contributed by atoms with Crippen LogP contribution < -0.4 is 5.73 Å². The Hall–Kier alpha value is -1.72. The van der Waals surface area contributed by atoms with Crippen molar-refractivity contribution < 1.29 is 4.21 Å². The predicted molar refractivity (Wildman–Crippen MR) is 80.6 cm³/mol. The van der Waals surface area contributed by atoms with Crippen molar-refractivity contribution in [1.82, 2.24) is 4.98 Å². The van der Waals surface area contributed by atoms with Gasteiger partial charge in [-0.1, -0.05) is 18.2 Å². The molecule has 5 heteroatoms. The van der Waals surface area contributed by atoms with E-state index >= 15 is 0 Å². The number of aromatic nitrogens is 1. The highest BCUT2D eigenvalue weighted by atomic mass is 32.2. The molecule has 1 atom stereocenters. The van der Waals surface area contributed by atoms with Crippen LogP contribution in [0.25, 0.3) is 10.2 Å². The molecule has 2 aromatic carbocycles. The van der Waals surface area contributed by atoms with Crippen molar-refractivity contribution in [1.29, 1.82) is 0 Å². The molecule has 0 saturated heterocycles. The molecule has 3 aromatic rings. The predicted octanol–water partition coefficient (Wildman–Crippen LogP) is 3.19. The largest absolute Gasteiger partial charge is 0.399 e. The van der Waals surface area contributed by atoms with Gasteiger partial charge in [-0.15, -0.1) is 11.3 Å². The van der Waals surface area contributed by atoms with E-state index in [2.05, 4.69) is 4.98 Å². The van der Waals surface area contributed by atoms with Gasteiger partial charge >= 0.3 is 0 Å². The summed E-state index contributed by atoms with van der Waals surface area (Å²) >= 11 is 1.59. The van der Waals surface area contributed by atoms with Crippen LogP contribution in [0, 0.1) is 0 Å². The van der Waals surface area contributed by atoms with Gasteiger partial charge in [-0.25, -0.2) is 4.98 Å². The van der Waals surface area contributed by atoms with Crippen molar-refractivity contribution in [2.45, 2.75) is 10.6 Å². The average molecular weight is 288 g/mol. The standard InChI is InChI=1S/C14H12N2OS2/c15-10-4-3-5-11(8-10)19(17)9-14-16-12-6-1-2-7-13(12)18-14/h1-8H,9,15H2. The van der Waals surface area contributed by atoms with Crippen molar-refractivity contribution >= 4 is 38.0 Å². The van der Waals surface area contributed by atoms with Gasteiger partial charge in [-0.3, -0.25) is 4.21 Å². The van der Waals surface area contributed by atoms with E-state index in [4.69, 9.17) is 5.73 Å². The number of nitrogen functional groups attached to an aromatic ring is 1. The van der Waals surface area contributed by atoms with Crippen LogP contribution in [0.15, 0.2) is 53.4 Å². The van der Waals surface area contributed by atoms with Crippen LogP contribution in [0.5, 0.6) is 0 Å². The van der Waals surface area contributed by atoms with Crippen molar-refractivity contribution in [3.05, 3.63) is 53.5 Å². The van der Waals surface area contributed by atoms with Crippen molar-refractivity contribution in [3.8, 4) is 0 Å². The zero-order valence-electron chi connectivity index (χ0n) is 10.1. The SMILES string of the molecule is Nc1cccc(S(=O)Cc2nc3ccccc3s2)c1. The molecule has 0 bridgehead atoms. The molecule has 3 rings (SSSR count). The zero-order valence-corrected chi connectivity index (χ0v) is 11.7. The fourth-order valence-corrected chi connectivity index (χ4v) is 4.11. The van der Waals surface area contributed by atoms with E-state index in [1.165, 1.54) is 0 Å². The number of nitrogens with zero attached hydrogens (tertiary/aromatic N) is 1. The van der Waals surface area contributed by atoms with Gasteiger partial charge in [0.2, 0.25) is 0 Å². The lowest BCUT2D eigenvalue weighted by Gasteiger charge is -2.00. The summed E-state index contributed by atoms with van der Waals surface area (Å²) in [5.41, 5.74) is 7.30. The normalized spacial score (nSPS) is 12.6. The number of rotatable bonds is 3. The Morgan fingerprint density at radius 3 is 2.79 bits per heavy atom. The lowest BCUT2D eigenvalue weighted by molar-refractivity contribution is 0.682. The number of para-hydroxylation sites is 1. The van der Waals surface area contributed by atoms with Gasteiger partial charge in [0.25, 0.3) is 0 Å². The van der Waals surface area contributed by atoms with E-state index in [1.54, 1.807) is 23.5 Å². The first-order valence-electron chi connectivity index (χ1n) is 5.81. The minimum absolute atomic E-state index is 0.433. The molecule has 1 aromatic heterocycles. The lowest BCUT2D eigenvalue weighted by atomic mass is 10.3. The van der Waals surface area contributed by atoms with Crippen molar-refractivity contribution in [2.24, 2.45) is 0 Å². The second-order valence-corrected chi connectivity index (χ2v) is 6.70. The summed E-state index contributed by atoms with van der Waals surface area (Å²) in [4.78, 5) is 5.24. The van der Waals surface area contributed by atoms with Crippen LogP contribution in [0.3, 0.4) is 0 Å². The molecule has 19 heavy (non-hydrogen) atoms. The molecular weight excluding hydrogens is 276 g/mol. The first-order chi connectivity index (χ1) is 9.22. The molecule has 0 saturated carbocycles. The van der Waals surface area contributed by atoms with Crippen molar-refractivity contribution in [2.75, 3.05) is 5.73 Å². The quantitative estimate of drug-likeness (QED) is 0.753. The molecule has 0 aliphatic heterocycles. The van der Waals surface area contributed by atoms with E-state index < -0.39 is 10.8 Å². The van der Waals surface area contributed by atoms with Gasteiger partial charge in [0.15, 0.2) is 0 Å². The third kappa shape index (κ3) is 2.67. The van der Waals surface area contributed by atoms with Crippen LogP contribution in [-0.4, -0.2) is 9.19 Å².